The highest BCUT2D eigenvalue weighted by Crippen LogP contribution is 2.29. The maximum atomic E-state index is 14.3. The number of aliphatic carboxylic acids is 1. The quantitative estimate of drug-likeness (QED) is 0.802. The van der Waals surface area contributed by atoms with Gasteiger partial charge in [0.15, 0.2) is 17.5 Å². The molecule has 1 aromatic heterocycles. The van der Waals surface area contributed by atoms with E-state index in [4.69, 9.17) is 10.2 Å². The minimum atomic E-state index is -1.83. The number of benzene rings is 1. The summed E-state index contributed by atoms with van der Waals surface area (Å²) in [4.78, 5) is 34.6. The Morgan fingerprint density at radius 1 is 1.16 bits per heavy atom. The fourth-order valence-electron chi connectivity index (χ4n) is 2.67. The Labute approximate surface area is 139 Å². The second-order valence-electron chi connectivity index (χ2n) is 5.88. The number of hydrogen-bond donors (Lipinski definition) is 2. The lowest BCUT2D eigenvalue weighted by atomic mass is 9.98. The van der Waals surface area contributed by atoms with E-state index in [1.807, 2.05) is 0 Å². The van der Waals surface area contributed by atoms with Gasteiger partial charge in [-0.2, -0.15) is 0 Å². The Kier molecular flexibility index (Phi) is 4.87. The monoisotopic (exact) mass is 357 g/mol. The van der Waals surface area contributed by atoms with Crippen molar-refractivity contribution in [2.75, 3.05) is 0 Å². The molecule has 0 fully saturated rings. The molecule has 1 heterocycles. The average Bonchev–Trinajstić information content (AvgIpc) is 2.51. The summed E-state index contributed by atoms with van der Waals surface area (Å²) < 4.78 is 42.4. The molecule has 1 atom stereocenters. The third-order valence-corrected chi connectivity index (χ3v) is 3.89. The van der Waals surface area contributed by atoms with E-state index >= 15 is 0 Å². The van der Waals surface area contributed by atoms with Crippen LogP contribution in [0.25, 0.3) is 10.9 Å². The molecule has 6 nitrogen and oxygen atoms in total. The van der Waals surface area contributed by atoms with E-state index in [1.54, 1.807) is 13.8 Å². The van der Waals surface area contributed by atoms with Gasteiger partial charge < -0.3 is 14.8 Å². The van der Waals surface area contributed by atoms with Gasteiger partial charge in [-0.25, -0.2) is 18.0 Å². The molecule has 0 aliphatic carbocycles. The summed E-state index contributed by atoms with van der Waals surface area (Å²) in [6.07, 6.45) is 0.230. The number of carbonyl (C=O) groups is 2. The number of halogens is 3. The molecule has 0 aliphatic rings. The highest BCUT2D eigenvalue weighted by Gasteiger charge is 2.27. The first-order chi connectivity index (χ1) is 11.6. The lowest BCUT2D eigenvalue weighted by Gasteiger charge is -2.25. The zero-order valence-corrected chi connectivity index (χ0v) is 13.2. The van der Waals surface area contributed by atoms with Crippen LogP contribution in [0, 0.1) is 23.4 Å². The molecule has 0 saturated carbocycles. The van der Waals surface area contributed by atoms with Crippen LogP contribution < -0.4 is 5.43 Å². The highest BCUT2D eigenvalue weighted by molar-refractivity contribution is 5.92. The maximum absolute atomic E-state index is 14.3. The molecule has 134 valence electrons. The Balaban J connectivity index is 3.02. The fraction of sp³-hybridized carbons (Fsp3) is 0.312. The lowest BCUT2D eigenvalue weighted by molar-refractivity contribution is -0.138. The zero-order chi connectivity index (χ0) is 19.0. The number of aromatic carboxylic acids is 1. The molecular weight excluding hydrogens is 343 g/mol. The highest BCUT2D eigenvalue weighted by atomic mass is 19.2. The van der Waals surface area contributed by atoms with Crippen molar-refractivity contribution in [3.05, 3.63) is 45.5 Å². The molecule has 0 aliphatic heterocycles. The van der Waals surface area contributed by atoms with Gasteiger partial charge in [0.25, 0.3) is 0 Å². The fourth-order valence-corrected chi connectivity index (χ4v) is 2.67. The van der Waals surface area contributed by atoms with Crippen molar-refractivity contribution >= 4 is 22.8 Å². The van der Waals surface area contributed by atoms with Crippen LogP contribution in [0.3, 0.4) is 0 Å². The summed E-state index contributed by atoms with van der Waals surface area (Å²) in [7, 11) is 0. The number of nitrogens with zero attached hydrogens (tertiary/aromatic N) is 1. The van der Waals surface area contributed by atoms with E-state index in [2.05, 4.69) is 0 Å². The third-order valence-electron chi connectivity index (χ3n) is 3.89. The van der Waals surface area contributed by atoms with Crippen molar-refractivity contribution < 1.29 is 33.0 Å². The van der Waals surface area contributed by atoms with Crippen LogP contribution in [0.1, 0.15) is 36.7 Å². The van der Waals surface area contributed by atoms with Gasteiger partial charge in [-0.3, -0.25) is 9.59 Å². The van der Waals surface area contributed by atoms with E-state index in [0.717, 1.165) is 10.8 Å². The van der Waals surface area contributed by atoms with Crippen molar-refractivity contribution in [2.45, 2.75) is 26.3 Å². The molecule has 2 N–H and O–H groups in total. The van der Waals surface area contributed by atoms with Crippen LogP contribution in [-0.4, -0.2) is 26.7 Å². The van der Waals surface area contributed by atoms with Crippen molar-refractivity contribution in [3.63, 3.8) is 0 Å². The second kappa shape index (κ2) is 6.58. The van der Waals surface area contributed by atoms with Gasteiger partial charge in [0.1, 0.15) is 5.56 Å². The van der Waals surface area contributed by atoms with E-state index in [-0.39, 0.29) is 0 Å². The molecular formula is C16H14F3NO5. The van der Waals surface area contributed by atoms with Crippen molar-refractivity contribution in [1.82, 2.24) is 4.57 Å². The van der Waals surface area contributed by atoms with Crippen LogP contribution in [0.2, 0.25) is 0 Å². The number of rotatable bonds is 5. The van der Waals surface area contributed by atoms with Gasteiger partial charge in [-0.15, -0.1) is 0 Å². The lowest BCUT2D eigenvalue weighted by Crippen LogP contribution is -2.26. The first kappa shape index (κ1) is 18.5. The summed E-state index contributed by atoms with van der Waals surface area (Å²) in [5, 5.41) is 17.5. The van der Waals surface area contributed by atoms with Crippen molar-refractivity contribution in [3.8, 4) is 0 Å². The van der Waals surface area contributed by atoms with E-state index < -0.39 is 69.7 Å². The summed E-state index contributed by atoms with van der Waals surface area (Å²) in [5.41, 5.74) is -2.66. The van der Waals surface area contributed by atoms with Crippen molar-refractivity contribution in [2.24, 2.45) is 5.92 Å². The van der Waals surface area contributed by atoms with Gasteiger partial charge >= 0.3 is 11.9 Å². The molecule has 0 bridgehead atoms. The molecule has 2 rings (SSSR count). The topological polar surface area (TPSA) is 96.6 Å². The first-order valence-corrected chi connectivity index (χ1v) is 7.23. The molecule has 1 aromatic carbocycles. The third kappa shape index (κ3) is 3.21. The van der Waals surface area contributed by atoms with E-state index in [9.17, 15) is 27.6 Å². The average molecular weight is 357 g/mol. The molecule has 2 aromatic rings. The Morgan fingerprint density at radius 3 is 2.24 bits per heavy atom. The Morgan fingerprint density at radius 2 is 1.76 bits per heavy atom. The summed E-state index contributed by atoms with van der Waals surface area (Å²) in [6.45, 7) is 3.19. The Bertz CT molecular complexity index is 936. The number of fused-ring (bicyclic) bond motifs is 1. The molecule has 0 radical (unpaired) electrons. The van der Waals surface area contributed by atoms with Crippen LogP contribution in [0.15, 0.2) is 17.1 Å². The smallest absolute Gasteiger partial charge is 0.341 e. The van der Waals surface area contributed by atoms with Crippen LogP contribution in [0.4, 0.5) is 13.2 Å². The molecule has 0 spiro atoms. The number of hydrogen-bond acceptors (Lipinski definition) is 3. The summed E-state index contributed by atoms with van der Waals surface area (Å²) >= 11 is 0. The largest absolute Gasteiger partial charge is 0.481 e. The summed E-state index contributed by atoms with van der Waals surface area (Å²) in [5.74, 6) is -8.50. The molecule has 0 saturated heterocycles. The second-order valence-corrected chi connectivity index (χ2v) is 5.88. The summed E-state index contributed by atoms with van der Waals surface area (Å²) in [6, 6.07) is -0.574. The molecule has 9 heteroatoms. The first-order valence-electron chi connectivity index (χ1n) is 7.23. The SMILES string of the molecule is CC(C)C(CC(=O)O)n1cc(C(=O)O)c(=O)c2cc(F)c(F)c(F)c21. The number of carboxylic acids is 2. The minimum Gasteiger partial charge on any atom is -0.481 e. The standard InChI is InChI=1S/C16H14F3NO5/c1-6(2)10(4-11(21)22)20-5-8(16(24)25)15(23)7-3-9(17)12(18)13(19)14(7)20/h3,5-6,10H,4H2,1-2H3,(H,21,22)(H,24,25). The molecule has 25 heavy (non-hydrogen) atoms. The number of carboxylic acid groups (broad SMARTS) is 2. The van der Waals surface area contributed by atoms with Crippen LogP contribution >= 0.6 is 0 Å². The molecule has 0 amide bonds. The predicted molar refractivity (Wildman–Crippen MR) is 81.2 cm³/mol. The van der Waals surface area contributed by atoms with Crippen LogP contribution in [0.5, 0.6) is 0 Å². The van der Waals surface area contributed by atoms with Gasteiger partial charge in [0.2, 0.25) is 5.43 Å². The van der Waals surface area contributed by atoms with Crippen molar-refractivity contribution in [1.29, 1.82) is 0 Å². The van der Waals surface area contributed by atoms with Gasteiger partial charge in [-0.1, -0.05) is 13.8 Å². The maximum Gasteiger partial charge on any atom is 0.341 e. The van der Waals surface area contributed by atoms with Gasteiger partial charge in [0, 0.05) is 12.2 Å². The van der Waals surface area contributed by atoms with Crippen LogP contribution in [-0.2, 0) is 4.79 Å². The van der Waals surface area contributed by atoms with E-state index in [0.29, 0.717) is 6.07 Å². The van der Waals surface area contributed by atoms with Gasteiger partial charge in [0.05, 0.1) is 17.3 Å². The molecule has 1 unspecified atom stereocenters. The van der Waals surface area contributed by atoms with E-state index in [1.165, 1.54) is 0 Å². The number of pyridine rings is 1. The normalized spacial score (nSPS) is 12.6. The van der Waals surface area contributed by atoms with Gasteiger partial charge in [-0.05, 0) is 12.0 Å². The Hall–Kier alpha value is -2.84. The minimum absolute atomic E-state index is 0.414. The predicted octanol–water partition coefficient (Wildman–Crippen LogP) is 2.79. The number of aromatic nitrogens is 1. The zero-order valence-electron chi connectivity index (χ0n) is 13.2.